The van der Waals surface area contributed by atoms with E-state index in [1.54, 1.807) is 0 Å². The molecule has 0 bridgehead atoms. The highest BCUT2D eigenvalue weighted by atomic mass is 32.2. The highest BCUT2D eigenvalue weighted by molar-refractivity contribution is 7.86. The Kier molecular flexibility index (Phi) is 5.19. The average molecular weight is 313 g/mol. The van der Waals surface area contributed by atoms with E-state index >= 15 is 0 Å². The highest BCUT2D eigenvalue weighted by Gasteiger charge is 2.31. The minimum atomic E-state index is -4.04. The molecule has 1 saturated carbocycles. The molecule has 1 aromatic rings. The Morgan fingerprint density at radius 1 is 1.29 bits per heavy atom. The van der Waals surface area contributed by atoms with Gasteiger partial charge in [-0.3, -0.25) is 4.55 Å². The molecule has 0 spiro atoms. The summed E-state index contributed by atoms with van der Waals surface area (Å²) in [6, 6.07) is 9.00. The number of hydrogen-bond acceptors (Lipinski definition) is 4. The molecular weight excluding hydrogens is 294 g/mol. The summed E-state index contributed by atoms with van der Waals surface area (Å²) in [5, 5.41) is 1.85. The van der Waals surface area contributed by atoms with Crippen LogP contribution in [0, 0.1) is 0 Å². The number of carbonyl (C=O) groups is 1. The maximum absolute atomic E-state index is 11.7. The molecule has 2 rings (SSSR count). The number of benzene rings is 1. The first-order valence-electron chi connectivity index (χ1n) is 6.88. The third-order valence-corrected chi connectivity index (χ3v) is 4.85. The largest absolute Gasteiger partial charge is 0.445 e. The van der Waals surface area contributed by atoms with E-state index in [9.17, 15) is 13.2 Å². The van der Waals surface area contributed by atoms with E-state index in [0.29, 0.717) is 19.3 Å². The molecular formula is C14H19NO5S. The molecule has 2 atom stereocenters. The first-order valence-corrected chi connectivity index (χ1v) is 8.39. The lowest BCUT2D eigenvalue weighted by Crippen LogP contribution is -2.42. The van der Waals surface area contributed by atoms with Gasteiger partial charge in [-0.2, -0.15) is 8.42 Å². The van der Waals surface area contributed by atoms with Gasteiger partial charge in [0, 0.05) is 6.04 Å². The predicted octanol–water partition coefficient (Wildman–Crippen LogP) is 2.11. The Bertz CT molecular complexity index is 572. The van der Waals surface area contributed by atoms with Gasteiger partial charge >= 0.3 is 6.09 Å². The summed E-state index contributed by atoms with van der Waals surface area (Å²) in [7, 11) is -4.04. The third kappa shape index (κ3) is 5.02. The summed E-state index contributed by atoms with van der Waals surface area (Å²) in [6.45, 7) is 0.168. The Morgan fingerprint density at radius 2 is 2.00 bits per heavy atom. The van der Waals surface area contributed by atoms with Gasteiger partial charge in [-0.1, -0.05) is 36.8 Å². The zero-order valence-electron chi connectivity index (χ0n) is 11.6. The lowest BCUT2D eigenvalue weighted by molar-refractivity contribution is 0.133. The molecule has 116 valence electrons. The molecule has 1 aliphatic rings. The van der Waals surface area contributed by atoms with Crippen LogP contribution in [0.25, 0.3) is 0 Å². The van der Waals surface area contributed by atoms with Gasteiger partial charge in [-0.05, 0) is 24.8 Å². The molecule has 7 heteroatoms. The van der Waals surface area contributed by atoms with E-state index in [1.807, 2.05) is 30.3 Å². The van der Waals surface area contributed by atoms with Crippen LogP contribution in [0.5, 0.6) is 0 Å². The van der Waals surface area contributed by atoms with Gasteiger partial charge in [0.15, 0.2) is 0 Å². The molecule has 1 aliphatic carbocycles. The number of carbonyl (C=O) groups excluding carboxylic acids is 1. The fraction of sp³-hybridized carbons (Fsp3) is 0.500. The molecule has 1 fully saturated rings. The minimum absolute atomic E-state index is 0.168. The predicted molar refractivity (Wildman–Crippen MR) is 77.4 cm³/mol. The van der Waals surface area contributed by atoms with Crippen LogP contribution in [-0.4, -0.2) is 30.4 Å². The zero-order chi connectivity index (χ0) is 15.3. The lowest BCUT2D eigenvalue weighted by atomic mass is 9.95. The molecule has 6 nitrogen and oxygen atoms in total. The van der Waals surface area contributed by atoms with Crippen LogP contribution < -0.4 is 5.32 Å². The van der Waals surface area contributed by atoms with Gasteiger partial charge in [0.2, 0.25) is 0 Å². The number of ether oxygens (including phenoxy) is 1. The second kappa shape index (κ2) is 6.91. The molecule has 1 amide bonds. The van der Waals surface area contributed by atoms with E-state index in [0.717, 1.165) is 5.56 Å². The molecule has 0 saturated heterocycles. The summed E-state index contributed by atoms with van der Waals surface area (Å²) in [6.07, 6.45) is 1.41. The van der Waals surface area contributed by atoms with E-state index in [4.69, 9.17) is 9.29 Å². The Balaban J connectivity index is 1.80. The van der Waals surface area contributed by atoms with E-state index < -0.39 is 21.5 Å². The summed E-state index contributed by atoms with van der Waals surface area (Å²) in [5.41, 5.74) is 0.882. The smallest absolute Gasteiger partial charge is 0.407 e. The monoisotopic (exact) mass is 313 g/mol. The van der Waals surface area contributed by atoms with Crippen molar-refractivity contribution >= 4 is 16.2 Å². The summed E-state index contributed by atoms with van der Waals surface area (Å²) in [4.78, 5) is 11.7. The van der Waals surface area contributed by atoms with Gasteiger partial charge in [-0.15, -0.1) is 0 Å². The molecule has 1 aromatic carbocycles. The SMILES string of the molecule is O=C(NC1CCCC(S(=O)(=O)O)C1)OCc1ccccc1. The van der Waals surface area contributed by atoms with Gasteiger partial charge in [-0.25, -0.2) is 4.79 Å². The molecule has 0 aliphatic heterocycles. The van der Waals surface area contributed by atoms with Crippen molar-refractivity contribution in [3.05, 3.63) is 35.9 Å². The molecule has 0 aromatic heterocycles. The molecule has 2 unspecified atom stereocenters. The first kappa shape index (κ1) is 15.8. The van der Waals surface area contributed by atoms with Crippen molar-refractivity contribution in [3.63, 3.8) is 0 Å². The van der Waals surface area contributed by atoms with Crippen LogP contribution in [0.1, 0.15) is 31.2 Å². The Labute approximate surface area is 124 Å². The van der Waals surface area contributed by atoms with Crippen LogP contribution in [0.15, 0.2) is 30.3 Å². The van der Waals surface area contributed by atoms with Crippen molar-refractivity contribution in [1.29, 1.82) is 0 Å². The number of amides is 1. The van der Waals surface area contributed by atoms with Crippen molar-refractivity contribution in [2.45, 2.75) is 43.6 Å². The van der Waals surface area contributed by atoms with Crippen molar-refractivity contribution in [2.75, 3.05) is 0 Å². The topological polar surface area (TPSA) is 92.7 Å². The van der Waals surface area contributed by atoms with Crippen LogP contribution in [0.2, 0.25) is 0 Å². The van der Waals surface area contributed by atoms with Crippen molar-refractivity contribution in [2.24, 2.45) is 0 Å². The third-order valence-electron chi connectivity index (χ3n) is 3.58. The van der Waals surface area contributed by atoms with E-state index in [2.05, 4.69) is 5.32 Å². The van der Waals surface area contributed by atoms with Crippen LogP contribution >= 0.6 is 0 Å². The number of alkyl carbamates (subject to hydrolysis) is 1. The molecule has 0 radical (unpaired) electrons. The van der Waals surface area contributed by atoms with Gasteiger partial charge in [0.1, 0.15) is 6.61 Å². The van der Waals surface area contributed by atoms with Gasteiger partial charge < -0.3 is 10.1 Å². The number of hydrogen-bond donors (Lipinski definition) is 2. The zero-order valence-corrected chi connectivity index (χ0v) is 12.4. The Hall–Kier alpha value is -1.60. The highest BCUT2D eigenvalue weighted by Crippen LogP contribution is 2.23. The maximum Gasteiger partial charge on any atom is 0.407 e. The number of rotatable bonds is 4. The fourth-order valence-corrected chi connectivity index (χ4v) is 3.42. The van der Waals surface area contributed by atoms with Gasteiger partial charge in [0.05, 0.1) is 5.25 Å². The summed E-state index contributed by atoms with van der Waals surface area (Å²) in [5.74, 6) is 0. The standard InChI is InChI=1S/C14H19NO5S/c16-14(20-10-11-5-2-1-3-6-11)15-12-7-4-8-13(9-12)21(17,18)19/h1-3,5-6,12-13H,4,7-10H2,(H,15,16)(H,17,18,19). The second-order valence-corrected chi connectivity index (χ2v) is 6.90. The quantitative estimate of drug-likeness (QED) is 0.831. The van der Waals surface area contributed by atoms with Crippen molar-refractivity contribution in [1.82, 2.24) is 5.32 Å². The second-order valence-electron chi connectivity index (χ2n) is 5.21. The maximum atomic E-state index is 11.7. The first-order chi connectivity index (χ1) is 9.95. The normalized spacial score (nSPS) is 22.5. The van der Waals surface area contributed by atoms with Gasteiger partial charge in [0.25, 0.3) is 10.1 Å². The number of nitrogens with one attached hydrogen (secondary N) is 1. The summed E-state index contributed by atoms with van der Waals surface area (Å²) < 4.78 is 36.4. The van der Waals surface area contributed by atoms with Crippen molar-refractivity contribution in [3.8, 4) is 0 Å². The van der Waals surface area contributed by atoms with E-state index in [-0.39, 0.29) is 19.1 Å². The lowest BCUT2D eigenvalue weighted by Gasteiger charge is -2.27. The fourth-order valence-electron chi connectivity index (χ4n) is 2.48. The molecule has 0 heterocycles. The Morgan fingerprint density at radius 3 is 2.67 bits per heavy atom. The molecule has 2 N–H and O–H groups in total. The summed E-state index contributed by atoms with van der Waals surface area (Å²) >= 11 is 0. The van der Waals surface area contributed by atoms with E-state index in [1.165, 1.54) is 0 Å². The van der Waals surface area contributed by atoms with Crippen LogP contribution in [0.4, 0.5) is 4.79 Å². The van der Waals surface area contributed by atoms with Crippen LogP contribution in [0.3, 0.4) is 0 Å². The average Bonchev–Trinajstić information content (AvgIpc) is 2.46. The van der Waals surface area contributed by atoms with Crippen molar-refractivity contribution < 1.29 is 22.5 Å². The minimum Gasteiger partial charge on any atom is -0.445 e. The van der Waals surface area contributed by atoms with Crippen LogP contribution in [-0.2, 0) is 21.5 Å². The molecule has 21 heavy (non-hydrogen) atoms.